The van der Waals surface area contributed by atoms with E-state index in [0.29, 0.717) is 24.8 Å². The molecule has 9 N–H and O–H groups in total. The second-order valence-electron chi connectivity index (χ2n) is 7.14. The zero-order valence-corrected chi connectivity index (χ0v) is 17.1. The highest BCUT2D eigenvalue weighted by molar-refractivity contribution is 5.96. The molecule has 0 spiro atoms. The summed E-state index contributed by atoms with van der Waals surface area (Å²) < 4.78 is 0. The third kappa shape index (κ3) is 6.80. The average Bonchev–Trinajstić information content (AvgIpc) is 2.72. The van der Waals surface area contributed by atoms with Crippen LogP contribution in [0.4, 0.5) is 11.8 Å². The number of amides is 1. The summed E-state index contributed by atoms with van der Waals surface area (Å²) in [6.45, 7) is 0. The number of aromatic amines is 1. The zero-order valence-electron chi connectivity index (χ0n) is 17.1. The van der Waals surface area contributed by atoms with Crippen LogP contribution in [0.3, 0.4) is 0 Å². The van der Waals surface area contributed by atoms with Crippen molar-refractivity contribution in [1.29, 1.82) is 0 Å². The Labute approximate surface area is 182 Å². The minimum Gasteiger partial charge on any atom is -0.481 e. The molecule has 0 aliphatic carbocycles. The van der Waals surface area contributed by atoms with E-state index in [-0.39, 0.29) is 29.3 Å². The maximum Gasteiger partial charge on any atom is 0.326 e. The molecule has 12 heteroatoms. The number of hydrogen-bond acceptors (Lipinski definition) is 8. The van der Waals surface area contributed by atoms with Crippen molar-refractivity contribution in [2.75, 3.05) is 11.5 Å². The van der Waals surface area contributed by atoms with Gasteiger partial charge < -0.3 is 32.1 Å². The Bertz CT molecular complexity index is 1040. The Morgan fingerprint density at radius 3 is 2.31 bits per heavy atom. The fourth-order valence-electron chi connectivity index (χ4n) is 3.04. The van der Waals surface area contributed by atoms with E-state index in [2.05, 4.69) is 15.3 Å². The van der Waals surface area contributed by atoms with Gasteiger partial charge in [0.2, 0.25) is 5.95 Å². The van der Waals surface area contributed by atoms with Crippen LogP contribution in [0, 0.1) is 0 Å². The summed E-state index contributed by atoms with van der Waals surface area (Å²) in [6.07, 6.45) is -0.469. The molecule has 0 bridgehead atoms. The van der Waals surface area contributed by atoms with Gasteiger partial charge in [0.25, 0.3) is 11.5 Å². The summed E-state index contributed by atoms with van der Waals surface area (Å²) in [7, 11) is 0. The molecule has 0 saturated carbocycles. The van der Waals surface area contributed by atoms with E-state index in [0.717, 1.165) is 0 Å². The minimum atomic E-state index is -1.33. The lowest BCUT2D eigenvalue weighted by Gasteiger charge is -2.15. The molecule has 0 radical (unpaired) electrons. The number of nitrogens with one attached hydrogen (secondary N) is 2. The number of anilines is 2. The van der Waals surface area contributed by atoms with Crippen molar-refractivity contribution in [3.05, 3.63) is 51.3 Å². The van der Waals surface area contributed by atoms with Gasteiger partial charge in [0.15, 0.2) is 0 Å². The maximum atomic E-state index is 12.3. The quantitative estimate of drug-likeness (QED) is 0.245. The molecule has 1 aromatic heterocycles. The lowest BCUT2D eigenvalue weighted by Crippen LogP contribution is -2.41. The van der Waals surface area contributed by atoms with E-state index in [4.69, 9.17) is 21.7 Å². The van der Waals surface area contributed by atoms with Crippen molar-refractivity contribution in [3.8, 4) is 0 Å². The number of carbonyl (C=O) groups excluding carboxylic acids is 1. The van der Waals surface area contributed by atoms with Crippen LogP contribution in [0.15, 0.2) is 29.1 Å². The monoisotopic (exact) mass is 447 g/mol. The number of carboxylic acids is 2. The van der Waals surface area contributed by atoms with Gasteiger partial charge in [0, 0.05) is 12.0 Å². The van der Waals surface area contributed by atoms with Gasteiger partial charge in [-0.15, -0.1) is 0 Å². The third-order valence-electron chi connectivity index (χ3n) is 4.78. The van der Waals surface area contributed by atoms with Gasteiger partial charge in [0.1, 0.15) is 11.9 Å². The first-order valence-electron chi connectivity index (χ1n) is 9.76. The Balaban J connectivity index is 1.93. The third-order valence-corrected chi connectivity index (χ3v) is 4.78. The van der Waals surface area contributed by atoms with Gasteiger partial charge in [-0.05, 0) is 43.4 Å². The fraction of sp³-hybridized carbons (Fsp3) is 0.350. The second kappa shape index (κ2) is 10.9. The molecule has 1 aromatic carbocycles. The number of aliphatic hydroxyl groups excluding tert-OH is 1. The van der Waals surface area contributed by atoms with Gasteiger partial charge >= 0.3 is 11.9 Å². The van der Waals surface area contributed by atoms with E-state index in [9.17, 15) is 24.3 Å². The predicted molar refractivity (Wildman–Crippen MR) is 114 cm³/mol. The highest BCUT2D eigenvalue weighted by atomic mass is 16.4. The molecule has 1 amide bonds. The highest BCUT2D eigenvalue weighted by Gasteiger charge is 2.22. The number of rotatable bonds is 11. The van der Waals surface area contributed by atoms with Crippen LogP contribution < -0.4 is 22.3 Å². The summed E-state index contributed by atoms with van der Waals surface area (Å²) in [4.78, 5) is 52.1. The Kier molecular flexibility index (Phi) is 8.30. The van der Waals surface area contributed by atoms with Crippen molar-refractivity contribution < 1.29 is 29.7 Å². The molecule has 2 rings (SSSR count). The van der Waals surface area contributed by atoms with Crippen LogP contribution in [0.1, 0.15) is 53.3 Å². The molecule has 1 unspecified atom stereocenters. The van der Waals surface area contributed by atoms with Crippen LogP contribution in [0.25, 0.3) is 0 Å². The summed E-state index contributed by atoms with van der Waals surface area (Å²) in [5.74, 6) is -3.20. The molecule has 0 aliphatic rings. The lowest BCUT2D eigenvalue weighted by atomic mass is 10.0. The summed E-state index contributed by atoms with van der Waals surface area (Å²) in [5.41, 5.74) is 11.7. The van der Waals surface area contributed by atoms with Crippen molar-refractivity contribution in [1.82, 2.24) is 15.3 Å². The molecule has 172 valence electrons. The van der Waals surface area contributed by atoms with E-state index in [1.807, 2.05) is 0 Å². The Morgan fingerprint density at radius 1 is 1.09 bits per heavy atom. The van der Waals surface area contributed by atoms with E-state index < -0.39 is 42.0 Å². The molecule has 12 nitrogen and oxygen atoms in total. The number of aliphatic carboxylic acids is 2. The normalized spacial score (nSPS) is 12.7. The van der Waals surface area contributed by atoms with Gasteiger partial charge in [-0.25, -0.2) is 4.79 Å². The van der Waals surface area contributed by atoms with Gasteiger partial charge in [-0.3, -0.25) is 19.4 Å². The summed E-state index contributed by atoms with van der Waals surface area (Å²) in [5, 5.41) is 30.5. The number of carboxylic acid groups (broad SMARTS) is 2. The van der Waals surface area contributed by atoms with Crippen molar-refractivity contribution in [3.63, 3.8) is 0 Å². The molecule has 0 aliphatic heterocycles. The smallest absolute Gasteiger partial charge is 0.326 e. The number of carbonyl (C=O) groups is 3. The van der Waals surface area contributed by atoms with Gasteiger partial charge in [-0.1, -0.05) is 12.1 Å². The number of hydrogen-bond donors (Lipinski definition) is 7. The molecular formula is C20H25N5O7. The number of H-pyrrole nitrogens is 1. The summed E-state index contributed by atoms with van der Waals surface area (Å²) >= 11 is 0. The number of nitrogens with two attached hydrogens (primary N) is 2. The van der Waals surface area contributed by atoms with Crippen LogP contribution in [0.5, 0.6) is 0 Å². The first-order chi connectivity index (χ1) is 15.1. The first kappa shape index (κ1) is 24.3. The molecule has 32 heavy (non-hydrogen) atoms. The van der Waals surface area contributed by atoms with E-state index in [1.54, 1.807) is 0 Å². The fourth-order valence-corrected chi connectivity index (χ4v) is 3.04. The van der Waals surface area contributed by atoms with E-state index >= 15 is 0 Å². The number of aromatic nitrogens is 2. The predicted octanol–water partition coefficient (Wildman–Crippen LogP) is 0.0384. The highest BCUT2D eigenvalue weighted by Crippen LogP contribution is 2.20. The number of nitrogen functional groups attached to an aromatic ring is 2. The Morgan fingerprint density at radius 2 is 1.75 bits per heavy atom. The Hall–Kier alpha value is -3.93. The van der Waals surface area contributed by atoms with Gasteiger partial charge in [0.05, 0.1) is 11.7 Å². The van der Waals surface area contributed by atoms with Crippen molar-refractivity contribution in [2.45, 2.75) is 44.2 Å². The molecule has 2 aromatic rings. The topological polar surface area (TPSA) is 222 Å². The largest absolute Gasteiger partial charge is 0.481 e. The maximum absolute atomic E-state index is 12.3. The molecule has 1 heterocycles. The number of nitrogens with zero attached hydrogens (tertiary/aromatic N) is 1. The second-order valence-corrected chi connectivity index (χ2v) is 7.14. The van der Waals surface area contributed by atoms with Crippen LogP contribution in [-0.4, -0.2) is 49.2 Å². The standard InChI is InChI=1S/C20H25N5O7/c21-16-12(18(30)25-20(22)24-16)2-1-3-14(26)10-4-6-11(7-5-10)17(29)23-13(19(31)32)8-9-15(27)28/h4-7,13-14,26H,1-3,8-9H2,(H,23,29)(H,27,28)(H,31,32)(H5,21,22,24,25,30)/t13?,14-/m0/s1. The SMILES string of the molecule is Nc1nc(N)c(CCC[C@H](O)c2ccc(C(=O)NC(CCC(=O)O)C(=O)O)cc2)c(=O)[nH]1. The van der Waals surface area contributed by atoms with Crippen LogP contribution in [0.2, 0.25) is 0 Å². The minimum absolute atomic E-state index is 0.0409. The van der Waals surface area contributed by atoms with Crippen molar-refractivity contribution >= 4 is 29.6 Å². The number of benzene rings is 1. The summed E-state index contributed by atoms with van der Waals surface area (Å²) in [6, 6.07) is 4.58. The van der Waals surface area contributed by atoms with Crippen LogP contribution >= 0.6 is 0 Å². The molecule has 2 atom stereocenters. The number of aliphatic hydroxyl groups is 1. The van der Waals surface area contributed by atoms with Crippen molar-refractivity contribution in [2.24, 2.45) is 0 Å². The van der Waals surface area contributed by atoms with Gasteiger partial charge in [-0.2, -0.15) is 4.98 Å². The molecule has 0 saturated heterocycles. The zero-order chi connectivity index (χ0) is 23.8. The van der Waals surface area contributed by atoms with E-state index in [1.165, 1.54) is 24.3 Å². The van der Waals surface area contributed by atoms with Crippen LogP contribution in [-0.2, 0) is 16.0 Å². The lowest BCUT2D eigenvalue weighted by molar-refractivity contribution is -0.140. The molecule has 0 fully saturated rings. The first-order valence-corrected chi connectivity index (χ1v) is 9.76. The average molecular weight is 447 g/mol. The molecular weight excluding hydrogens is 422 g/mol.